The van der Waals surface area contributed by atoms with Crippen molar-refractivity contribution in [1.82, 2.24) is 0 Å². The molecule has 0 radical (unpaired) electrons. The van der Waals surface area contributed by atoms with E-state index in [-0.39, 0.29) is 11.5 Å². The molecule has 0 heterocycles. The van der Waals surface area contributed by atoms with Crippen LogP contribution in [0.4, 0.5) is 5.69 Å². The summed E-state index contributed by atoms with van der Waals surface area (Å²) in [6.07, 6.45) is 0. The normalized spacial score (nSPS) is 11.8. The number of sulfone groups is 1. The average molecular weight is 255 g/mol. The maximum absolute atomic E-state index is 11.4. The fourth-order valence-corrected chi connectivity index (χ4v) is 2.35. The van der Waals surface area contributed by atoms with Crippen LogP contribution in [0.2, 0.25) is 0 Å². The van der Waals surface area contributed by atoms with Crippen LogP contribution in [0.5, 0.6) is 0 Å². The highest BCUT2D eigenvalue weighted by Gasteiger charge is 2.08. The van der Waals surface area contributed by atoms with E-state index in [4.69, 9.17) is 0 Å². The van der Waals surface area contributed by atoms with Gasteiger partial charge in [-0.05, 0) is 17.5 Å². The van der Waals surface area contributed by atoms with Gasteiger partial charge in [-0.2, -0.15) is 0 Å². The monoisotopic (exact) mass is 255 g/mol. The summed E-state index contributed by atoms with van der Waals surface area (Å²) in [4.78, 5) is 0. The SMILES string of the molecule is CCS(=O)(=O)CCNc1ccccc1C(C)C. The highest BCUT2D eigenvalue weighted by Crippen LogP contribution is 2.23. The molecular weight excluding hydrogens is 234 g/mol. The Morgan fingerprint density at radius 2 is 1.88 bits per heavy atom. The Morgan fingerprint density at radius 1 is 1.24 bits per heavy atom. The minimum atomic E-state index is -2.89. The van der Waals surface area contributed by atoms with Crippen LogP contribution in [0, 0.1) is 0 Å². The lowest BCUT2D eigenvalue weighted by molar-refractivity contribution is 0.597. The molecule has 0 unspecified atom stereocenters. The van der Waals surface area contributed by atoms with Gasteiger partial charge in [0.25, 0.3) is 0 Å². The number of rotatable bonds is 6. The van der Waals surface area contributed by atoms with Crippen molar-refractivity contribution in [3.63, 3.8) is 0 Å². The van der Waals surface area contributed by atoms with Crippen LogP contribution in [-0.2, 0) is 9.84 Å². The van der Waals surface area contributed by atoms with E-state index >= 15 is 0 Å². The van der Waals surface area contributed by atoms with Crippen LogP contribution in [0.15, 0.2) is 24.3 Å². The Kier molecular flexibility index (Phi) is 5.00. The maximum atomic E-state index is 11.4. The van der Waals surface area contributed by atoms with E-state index in [9.17, 15) is 8.42 Å². The van der Waals surface area contributed by atoms with E-state index < -0.39 is 9.84 Å². The first-order valence-corrected chi connectivity index (χ1v) is 7.81. The molecule has 0 aliphatic heterocycles. The molecule has 0 saturated heterocycles. The lowest BCUT2D eigenvalue weighted by Crippen LogP contribution is -2.17. The highest BCUT2D eigenvalue weighted by atomic mass is 32.2. The Morgan fingerprint density at radius 3 is 2.47 bits per heavy atom. The first-order chi connectivity index (χ1) is 7.96. The van der Waals surface area contributed by atoms with E-state index in [1.54, 1.807) is 6.92 Å². The predicted octanol–water partition coefficient (Wildman–Crippen LogP) is 2.66. The molecule has 0 spiro atoms. The van der Waals surface area contributed by atoms with Crippen LogP contribution in [0.3, 0.4) is 0 Å². The summed E-state index contributed by atoms with van der Waals surface area (Å²) < 4.78 is 22.7. The Labute approximate surface area is 104 Å². The number of nitrogens with one attached hydrogen (secondary N) is 1. The first-order valence-electron chi connectivity index (χ1n) is 5.99. The summed E-state index contributed by atoms with van der Waals surface area (Å²) in [6.45, 7) is 6.41. The molecule has 1 aromatic carbocycles. The average Bonchev–Trinajstić information content (AvgIpc) is 2.29. The van der Waals surface area contributed by atoms with Crippen molar-refractivity contribution in [2.75, 3.05) is 23.4 Å². The molecule has 0 aliphatic rings. The molecule has 0 amide bonds. The molecule has 0 aromatic heterocycles. The van der Waals surface area contributed by atoms with Crippen molar-refractivity contribution in [3.05, 3.63) is 29.8 Å². The van der Waals surface area contributed by atoms with Crippen LogP contribution < -0.4 is 5.32 Å². The van der Waals surface area contributed by atoms with Gasteiger partial charge in [0, 0.05) is 18.0 Å². The van der Waals surface area contributed by atoms with Crippen LogP contribution in [0.1, 0.15) is 32.3 Å². The van der Waals surface area contributed by atoms with Gasteiger partial charge in [-0.3, -0.25) is 0 Å². The van der Waals surface area contributed by atoms with Gasteiger partial charge in [-0.1, -0.05) is 39.0 Å². The van der Waals surface area contributed by atoms with Crippen molar-refractivity contribution in [3.8, 4) is 0 Å². The van der Waals surface area contributed by atoms with Gasteiger partial charge >= 0.3 is 0 Å². The Bertz CT molecular complexity index is 452. The number of anilines is 1. The van der Waals surface area contributed by atoms with Gasteiger partial charge in [0.1, 0.15) is 0 Å². The second kappa shape index (κ2) is 6.05. The van der Waals surface area contributed by atoms with Gasteiger partial charge in [-0.15, -0.1) is 0 Å². The standard InChI is InChI=1S/C13H21NO2S/c1-4-17(15,16)10-9-14-13-8-6-5-7-12(13)11(2)3/h5-8,11,14H,4,9-10H2,1-3H3. The minimum Gasteiger partial charge on any atom is -0.384 e. The summed E-state index contributed by atoms with van der Waals surface area (Å²) in [5.74, 6) is 0.831. The minimum absolute atomic E-state index is 0.190. The van der Waals surface area contributed by atoms with Gasteiger partial charge in [0.2, 0.25) is 0 Å². The van der Waals surface area contributed by atoms with Crippen molar-refractivity contribution >= 4 is 15.5 Å². The molecular formula is C13H21NO2S. The van der Waals surface area contributed by atoms with Crippen molar-refractivity contribution < 1.29 is 8.42 Å². The third kappa shape index (κ3) is 4.38. The van der Waals surface area contributed by atoms with Gasteiger partial charge in [0.15, 0.2) is 9.84 Å². The molecule has 1 aromatic rings. The lowest BCUT2D eigenvalue weighted by Gasteiger charge is -2.14. The summed E-state index contributed by atoms with van der Waals surface area (Å²) in [7, 11) is -2.89. The largest absolute Gasteiger partial charge is 0.384 e. The maximum Gasteiger partial charge on any atom is 0.151 e. The predicted molar refractivity (Wildman–Crippen MR) is 73.3 cm³/mol. The third-order valence-electron chi connectivity index (χ3n) is 2.75. The second-order valence-electron chi connectivity index (χ2n) is 4.41. The highest BCUT2D eigenvalue weighted by molar-refractivity contribution is 7.91. The van der Waals surface area contributed by atoms with E-state index in [0.29, 0.717) is 12.5 Å². The molecule has 1 N–H and O–H groups in total. The molecule has 0 saturated carbocycles. The first kappa shape index (κ1) is 14.0. The summed E-state index contributed by atoms with van der Waals surface area (Å²) >= 11 is 0. The molecule has 96 valence electrons. The fraction of sp³-hybridized carbons (Fsp3) is 0.538. The molecule has 0 aliphatic carbocycles. The molecule has 0 atom stereocenters. The van der Waals surface area contributed by atoms with Crippen LogP contribution in [-0.4, -0.2) is 26.5 Å². The molecule has 3 nitrogen and oxygen atoms in total. The number of hydrogen-bond donors (Lipinski definition) is 1. The van der Waals surface area contributed by atoms with Gasteiger partial charge in [0.05, 0.1) is 5.75 Å². The van der Waals surface area contributed by atoms with Gasteiger partial charge in [-0.25, -0.2) is 8.42 Å². The van der Waals surface area contributed by atoms with Gasteiger partial charge < -0.3 is 5.32 Å². The third-order valence-corrected chi connectivity index (χ3v) is 4.46. The lowest BCUT2D eigenvalue weighted by atomic mass is 10.0. The molecule has 1 rings (SSSR count). The van der Waals surface area contributed by atoms with Crippen LogP contribution >= 0.6 is 0 Å². The Hall–Kier alpha value is -1.03. The van der Waals surface area contributed by atoms with Crippen molar-refractivity contribution in [2.24, 2.45) is 0 Å². The van der Waals surface area contributed by atoms with E-state index in [0.717, 1.165) is 5.69 Å². The summed E-state index contributed by atoms with van der Waals surface area (Å²) in [5, 5.41) is 3.21. The molecule has 4 heteroatoms. The van der Waals surface area contributed by atoms with Crippen molar-refractivity contribution in [2.45, 2.75) is 26.7 Å². The Balaban J connectivity index is 2.64. The van der Waals surface area contributed by atoms with Crippen LogP contribution in [0.25, 0.3) is 0 Å². The quantitative estimate of drug-likeness (QED) is 0.850. The fourth-order valence-electron chi connectivity index (χ4n) is 1.65. The second-order valence-corrected chi connectivity index (χ2v) is 6.88. The summed E-state index contributed by atoms with van der Waals surface area (Å²) in [6, 6.07) is 8.03. The zero-order chi connectivity index (χ0) is 12.9. The number of hydrogen-bond acceptors (Lipinski definition) is 3. The van der Waals surface area contributed by atoms with Crippen molar-refractivity contribution in [1.29, 1.82) is 0 Å². The molecule has 17 heavy (non-hydrogen) atoms. The topological polar surface area (TPSA) is 46.2 Å². The molecule has 0 bridgehead atoms. The van der Waals surface area contributed by atoms with E-state index in [1.807, 2.05) is 18.2 Å². The summed E-state index contributed by atoms with van der Waals surface area (Å²) in [5.41, 5.74) is 2.26. The molecule has 0 fully saturated rings. The van der Waals surface area contributed by atoms with E-state index in [1.165, 1.54) is 5.56 Å². The number of benzene rings is 1. The zero-order valence-corrected chi connectivity index (χ0v) is 11.5. The smallest absolute Gasteiger partial charge is 0.151 e. The van der Waals surface area contributed by atoms with E-state index in [2.05, 4.69) is 25.2 Å². The zero-order valence-electron chi connectivity index (χ0n) is 10.7. The number of para-hydroxylation sites is 1.